The van der Waals surface area contributed by atoms with Gasteiger partial charge in [0, 0.05) is 49.0 Å². The highest BCUT2D eigenvalue weighted by Crippen LogP contribution is 2.23. The van der Waals surface area contributed by atoms with E-state index in [2.05, 4.69) is 29.1 Å². The van der Waals surface area contributed by atoms with Crippen molar-refractivity contribution in [2.24, 2.45) is 16.8 Å². The van der Waals surface area contributed by atoms with Gasteiger partial charge in [0.05, 0.1) is 0 Å². The number of benzene rings is 1. The van der Waals surface area contributed by atoms with Gasteiger partial charge in [-0.1, -0.05) is 44.2 Å². The molecule has 2 unspecified atom stereocenters. The van der Waals surface area contributed by atoms with Gasteiger partial charge in [0.15, 0.2) is 5.96 Å². The van der Waals surface area contributed by atoms with Crippen LogP contribution in [0.15, 0.2) is 35.3 Å². The number of guanidine groups is 1. The predicted molar refractivity (Wildman–Crippen MR) is 119 cm³/mol. The Kier molecular flexibility index (Phi) is 10.7. The fraction of sp³-hybridized carbons (Fsp3) is 0.632. The van der Waals surface area contributed by atoms with E-state index in [9.17, 15) is 4.21 Å². The summed E-state index contributed by atoms with van der Waals surface area (Å²) >= 11 is 0. The minimum absolute atomic E-state index is 0. The van der Waals surface area contributed by atoms with E-state index in [0.717, 1.165) is 36.4 Å². The molecule has 2 atom stereocenters. The standard InChI is InChI=1S/C19H31N3OS.HI/c1-16(2)13-18-9-11-22(14-18)19(20-3)21-10-12-24(23)15-17-7-5-4-6-8-17;/h4-8,16,18H,9-15H2,1-3H3,(H,20,21);1H. The smallest absolute Gasteiger partial charge is 0.193 e. The highest BCUT2D eigenvalue weighted by atomic mass is 127. The Morgan fingerprint density at radius 2 is 2.08 bits per heavy atom. The maximum atomic E-state index is 12.2. The lowest BCUT2D eigenvalue weighted by Gasteiger charge is -2.22. The molecular weight excluding hydrogens is 445 g/mol. The van der Waals surface area contributed by atoms with Crippen molar-refractivity contribution in [3.8, 4) is 0 Å². The molecule has 0 aromatic heterocycles. The molecule has 1 aliphatic rings. The van der Waals surface area contributed by atoms with Crippen molar-refractivity contribution in [3.05, 3.63) is 35.9 Å². The van der Waals surface area contributed by atoms with Crippen molar-refractivity contribution in [2.45, 2.75) is 32.4 Å². The van der Waals surface area contributed by atoms with E-state index in [4.69, 9.17) is 0 Å². The van der Waals surface area contributed by atoms with Crippen LogP contribution in [-0.2, 0) is 16.6 Å². The molecule has 25 heavy (non-hydrogen) atoms. The molecule has 2 rings (SSSR count). The summed E-state index contributed by atoms with van der Waals surface area (Å²) in [6.07, 6.45) is 2.54. The predicted octanol–water partition coefficient (Wildman–Crippen LogP) is 3.50. The molecule has 1 aliphatic heterocycles. The van der Waals surface area contributed by atoms with Crippen LogP contribution in [0.25, 0.3) is 0 Å². The second-order valence-corrected chi connectivity index (χ2v) is 8.55. The van der Waals surface area contributed by atoms with E-state index in [1.807, 2.05) is 37.4 Å². The molecule has 1 aromatic rings. The van der Waals surface area contributed by atoms with Crippen molar-refractivity contribution < 1.29 is 4.21 Å². The lowest BCUT2D eigenvalue weighted by atomic mass is 9.97. The number of halogens is 1. The van der Waals surface area contributed by atoms with Crippen molar-refractivity contribution >= 4 is 40.7 Å². The van der Waals surface area contributed by atoms with Crippen LogP contribution in [0.1, 0.15) is 32.3 Å². The first kappa shape index (κ1) is 22.4. The van der Waals surface area contributed by atoms with Crippen molar-refractivity contribution in [1.29, 1.82) is 0 Å². The van der Waals surface area contributed by atoms with E-state index < -0.39 is 10.8 Å². The van der Waals surface area contributed by atoms with Gasteiger partial charge < -0.3 is 10.2 Å². The molecule has 1 N–H and O–H groups in total. The summed E-state index contributed by atoms with van der Waals surface area (Å²) in [6.45, 7) is 7.45. The SMILES string of the molecule is CN=C(NCCS(=O)Cc1ccccc1)N1CCC(CC(C)C)C1.I. The third kappa shape index (κ3) is 8.07. The van der Waals surface area contributed by atoms with Gasteiger partial charge in [0.1, 0.15) is 0 Å². The van der Waals surface area contributed by atoms with Gasteiger partial charge in [0.2, 0.25) is 0 Å². The summed E-state index contributed by atoms with van der Waals surface area (Å²) in [5.41, 5.74) is 1.14. The first-order chi connectivity index (χ1) is 11.6. The molecule has 1 aromatic carbocycles. The second kappa shape index (κ2) is 11.9. The third-order valence-electron chi connectivity index (χ3n) is 4.39. The molecule has 142 valence electrons. The monoisotopic (exact) mass is 477 g/mol. The third-order valence-corrected chi connectivity index (χ3v) is 5.70. The zero-order valence-corrected chi connectivity index (χ0v) is 18.8. The number of likely N-dealkylation sites (tertiary alicyclic amines) is 1. The molecule has 4 nitrogen and oxygen atoms in total. The van der Waals surface area contributed by atoms with Gasteiger partial charge in [-0.05, 0) is 30.2 Å². The van der Waals surface area contributed by atoms with E-state index in [0.29, 0.717) is 18.1 Å². The van der Waals surface area contributed by atoms with Gasteiger partial charge in [-0.15, -0.1) is 24.0 Å². The quantitative estimate of drug-likeness (QED) is 0.372. The number of rotatable bonds is 7. The molecule has 0 spiro atoms. The Hall–Kier alpha value is -0.630. The Morgan fingerprint density at radius 3 is 2.72 bits per heavy atom. The summed E-state index contributed by atoms with van der Waals surface area (Å²) in [6, 6.07) is 10.0. The maximum Gasteiger partial charge on any atom is 0.193 e. The number of nitrogens with zero attached hydrogens (tertiary/aromatic N) is 2. The first-order valence-corrected chi connectivity index (χ1v) is 10.4. The second-order valence-electron chi connectivity index (χ2n) is 6.98. The topological polar surface area (TPSA) is 44.7 Å². The van der Waals surface area contributed by atoms with E-state index in [-0.39, 0.29) is 24.0 Å². The van der Waals surface area contributed by atoms with Crippen molar-refractivity contribution in [2.75, 3.05) is 32.4 Å². The molecule has 0 amide bonds. The van der Waals surface area contributed by atoms with Crippen LogP contribution in [0.4, 0.5) is 0 Å². The average molecular weight is 477 g/mol. The molecule has 1 fully saturated rings. The van der Waals surface area contributed by atoms with Crippen molar-refractivity contribution in [3.63, 3.8) is 0 Å². The van der Waals surface area contributed by atoms with Gasteiger partial charge >= 0.3 is 0 Å². The highest BCUT2D eigenvalue weighted by molar-refractivity contribution is 14.0. The number of hydrogen-bond acceptors (Lipinski definition) is 2. The van der Waals surface area contributed by atoms with Crippen LogP contribution in [0.2, 0.25) is 0 Å². The van der Waals surface area contributed by atoms with Gasteiger partial charge in [-0.25, -0.2) is 0 Å². The first-order valence-electron chi connectivity index (χ1n) is 8.93. The molecule has 0 saturated carbocycles. The zero-order chi connectivity index (χ0) is 17.4. The van der Waals surface area contributed by atoms with Crippen LogP contribution < -0.4 is 5.32 Å². The molecule has 0 bridgehead atoms. The zero-order valence-electron chi connectivity index (χ0n) is 15.6. The summed E-state index contributed by atoms with van der Waals surface area (Å²) in [7, 11) is 0.991. The Balaban J connectivity index is 0.00000312. The number of aliphatic imine (C=N–C) groups is 1. The van der Waals surface area contributed by atoms with E-state index >= 15 is 0 Å². The molecule has 6 heteroatoms. The average Bonchev–Trinajstić information content (AvgIpc) is 3.00. The fourth-order valence-electron chi connectivity index (χ4n) is 3.33. The van der Waals surface area contributed by atoms with Crippen LogP contribution >= 0.6 is 24.0 Å². The minimum Gasteiger partial charge on any atom is -0.355 e. The van der Waals surface area contributed by atoms with Gasteiger partial charge in [0.25, 0.3) is 0 Å². The van der Waals surface area contributed by atoms with Gasteiger partial charge in [-0.2, -0.15) is 0 Å². The lowest BCUT2D eigenvalue weighted by molar-refractivity contribution is 0.404. The number of hydrogen-bond donors (Lipinski definition) is 1. The van der Waals surface area contributed by atoms with Gasteiger partial charge in [-0.3, -0.25) is 9.20 Å². The lowest BCUT2D eigenvalue weighted by Crippen LogP contribution is -2.41. The maximum absolute atomic E-state index is 12.2. The van der Waals surface area contributed by atoms with Crippen LogP contribution in [0.5, 0.6) is 0 Å². The van der Waals surface area contributed by atoms with Crippen LogP contribution in [-0.4, -0.2) is 47.5 Å². The fourth-order valence-corrected chi connectivity index (χ4v) is 4.36. The summed E-state index contributed by atoms with van der Waals surface area (Å²) < 4.78 is 12.2. The van der Waals surface area contributed by atoms with E-state index in [1.54, 1.807) is 0 Å². The normalized spacial score (nSPS) is 19.0. The Bertz CT molecular complexity index is 551. The van der Waals surface area contributed by atoms with Crippen molar-refractivity contribution in [1.82, 2.24) is 10.2 Å². The largest absolute Gasteiger partial charge is 0.355 e. The van der Waals surface area contributed by atoms with Crippen LogP contribution in [0, 0.1) is 11.8 Å². The number of nitrogens with one attached hydrogen (secondary N) is 1. The molecule has 1 heterocycles. The summed E-state index contributed by atoms with van der Waals surface area (Å²) in [5, 5.41) is 3.38. The Labute approximate surface area is 172 Å². The van der Waals surface area contributed by atoms with Crippen LogP contribution in [0.3, 0.4) is 0 Å². The summed E-state index contributed by atoms with van der Waals surface area (Å²) in [4.78, 5) is 6.74. The highest BCUT2D eigenvalue weighted by Gasteiger charge is 2.25. The van der Waals surface area contributed by atoms with E-state index in [1.165, 1.54) is 12.8 Å². The molecular formula is C19H32IN3OS. The summed E-state index contributed by atoms with van der Waals surface area (Å²) in [5.74, 6) is 3.76. The minimum atomic E-state index is -0.842. The molecule has 0 aliphatic carbocycles. The molecule has 1 saturated heterocycles. The Morgan fingerprint density at radius 1 is 1.36 bits per heavy atom. The molecule has 0 radical (unpaired) electrons.